The number of alkyl halides is 6. The average molecular weight is 240 g/mol. The molecule has 0 radical (unpaired) electrons. The van der Waals surface area contributed by atoms with Gasteiger partial charge < -0.3 is 0 Å². The number of rotatable bonds is 6. The maximum atomic E-state index is 12.7. The molecule has 0 atom stereocenters. The van der Waals surface area contributed by atoms with Crippen LogP contribution >= 0.6 is 0 Å². The quantitative estimate of drug-likeness (QED) is 0.525. The van der Waals surface area contributed by atoms with Crippen LogP contribution in [0, 0.1) is 0 Å². The fraction of sp³-hybridized carbons (Fsp3) is 1.00. The topological polar surface area (TPSA) is 18.5 Å². The molecule has 15 heavy (non-hydrogen) atoms. The van der Waals surface area contributed by atoms with E-state index < -0.39 is 31.4 Å². The number of hydrogen-bond donors (Lipinski definition) is 0. The lowest BCUT2D eigenvalue weighted by Gasteiger charge is -2.29. The van der Waals surface area contributed by atoms with E-state index in [4.69, 9.17) is 0 Å². The van der Waals surface area contributed by atoms with Crippen LogP contribution < -0.4 is 0 Å². The summed E-state index contributed by atoms with van der Waals surface area (Å²) in [6.45, 7) is -1.71. The van der Waals surface area contributed by atoms with Crippen LogP contribution in [0.5, 0.6) is 0 Å². The van der Waals surface area contributed by atoms with Gasteiger partial charge in [0.2, 0.25) is 0 Å². The molecule has 0 saturated heterocycles. The average Bonchev–Trinajstić information content (AvgIpc) is 1.96. The van der Waals surface area contributed by atoms with Crippen LogP contribution in [0.15, 0.2) is 0 Å². The molecule has 0 aromatic carbocycles. The molecule has 0 aliphatic heterocycles. The van der Waals surface area contributed by atoms with E-state index in [0.29, 0.717) is 13.8 Å². The van der Waals surface area contributed by atoms with Gasteiger partial charge in [0.05, 0.1) is 6.61 Å². The highest BCUT2D eigenvalue weighted by Crippen LogP contribution is 2.37. The molecule has 0 unspecified atom stereocenters. The monoisotopic (exact) mass is 240 g/mol. The molecule has 8 heteroatoms. The summed E-state index contributed by atoms with van der Waals surface area (Å²) in [5.74, 6) is 0. The molecule has 0 aliphatic rings. The Labute approximate surface area is 82.1 Å². The van der Waals surface area contributed by atoms with Crippen LogP contribution in [0.4, 0.5) is 26.3 Å². The van der Waals surface area contributed by atoms with Crippen molar-refractivity contribution in [1.29, 1.82) is 0 Å². The predicted octanol–water partition coefficient (Wildman–Crippen LogP) is 2.88. The molecule has 0 bridgehead atoms. The standard InChI is InChI=1S/C7H10F6O2/c1-5(2,9)6(10,11)15-7(12,13)14-4-3-8/h3-4H2,1-2H3. The van der Waals surface area contributed by atoms with Crippen molar-refractivity contribution in [3.63, 3.8) is 0 Å². The second-order valence-corrected chi connectivity index (χ2v) is 3.09. The van der Waals surface area contributed by atoms with E-state index in [-0.39, 0.29) is 0 Å². The van der Waals surface area contributed by atoms with Gasteiger partial charge in [0.1, 0.15) is 6.67 Å². The van der Waals surface area contributed by atoms with Crippen molar-refractivity contribution in [1.82, 2.24) is 0 Å². The first-order valence-electron chi connectivity index (χ1n) is 3.86. The Hall–Kier alpha value is -0.500. The molecule has 0 fully saturated rings. The van der Waals surface area contributed by atoms with Crippen molar-refractivity contribution in [2.45, 2.75) is 31.9 Å². The summed E-state index contributed by atoms with van der Waals surface area (Å²) in [5.41, 5.74) is -3.31. The molecule has 0 aliphatic carbocycles. The zero-order valence-corrected chi connectivity index (χ0v) is 8.00. The van der Waals surface area contributed by atoms with Crippen molar-refractivity contribution < 1.29 is 35.8 Å². The Morgan fingerprint density at radius 3 is 1.80 bits per heavy atom. The molecule has 0 heterocycles. The number of ether oxygens (including phenoxy) is 2. The van der Waals surface area contributed by atoms with E-state index in [1.807, 2.05) is 0 Å². The summed E-state index contributed by atoms with van der Waals surface area (Å²) in [6, 6.07) is 0. The van der Waals surface area contributed by atoms with Gasteiger partial charge in [0.25, 0.3) is 0 Å². The second-order valence-electron chi connectivity index (χ2n) is 3.09. The molecule has 2 nitrogen and oxygen atoms in total. The van der Waals surface area contributed by atoms with Gasteiger partial charge in [0.15, 0.2) is 5.67 Å². The molecule has 0 spiro atoms. The Morgan fingerprint density at radius 1 is 1.00 bits per heavy atom. The summed E-state index contributed by atoms with van der Waals surface area (Å²) in [4.78, 5) is 0. The van der Waals surface area contributed by atoms with Gasteiger partial charge in [-0.25, -0.2) is 13.5 Å². The van der Waals surface area contributed by atoms with Gasteiger partial charge in [-0.1, -0.05) is 0 Å². The largest absolute Gasteiger partial charge is 0.490 e. The summed E-state index contributed by atoms with van der Waals surface area (Å²) in [7, 11) is 0. The highest BCUT2D eigenvalue weighted by atomic mass is 19.3. The molecule has 0 saturated carbocycles. The van der Waals surface area contributed by atoms with Crippen LogP contribution in [0.2, 0.25) is 0 Å². The minimum Gasteiger partial charge on any atom is -0.293 e. The molecule has 0 aromatic heterocycles. The van der Waals surface area contributed by atoms with Gasteiger partial charge in [0, 0.05) is 0 Å². The van der Waals surface area contributed by atoms with Gasteiger partial charge in [-0.15, -0.1) is 8.78 Å². The Morgan fingerprint density at radius 2 is 1.47 bits per heavy atom. The summed E-state index contributed by atoms with van der Waals surface area (Å²) >= 11 is 0. The smallest absolute Gasteiger partial charge is 0.293 e. The van der Waals surface area contributed by atoms with Crippen LogP contribution in [0.25, 0.3) is 0 Å². The SMILES string of the molecule is CC(C)(F)C(F)(F)OC(F)(F)OCCF. The molecule has 0 N–H and O–H groups in total. The van der Waals surface area contributed by atoms with Gasteiger partial charge in [-0.05, 0) is 13.8 Å². The first-order chi connectivity index (χ1) is 6.52. The van der Waals surface area contributed by atoms with E-state index >= 15 is 0 Å². The fourth-order valence-electron chi connectivity index (χ4n) is 0.457. The Kier molecular flexibility index (Phi) is 4.41. The highest BCUT2D eigenvalue weighted by molar-refractivity contribution is 4.77. The third-order valence-corrected chi connectivity index (χ3v) is 1.29. The summed E-state index contributed by atoms with van der Waals surface area (Å²) < 4.78 is 80.3. The predicted molar refractivity (Wildman–Crippen MR) is 38.1 cm³/mol. The lowest BCUT2D eigenvalue weighted by molar-refractivity contribution is -0.483. The first kappa shape index (κ1) is 14.5. The summed E-state index contributed by atoms with van der Waals surface area (Å²) in [6.07, 6.45) is -9.48. The summed E-state index contributed by atoms with van der Waals surface area (Å²) in [5, 5.41) is 0. The van der Waals surface area contributed by atoms with Gasteiger partial charge >= 0.3 is 12.4 Å². The van der Waals surface area contributed by atoms with Crippen LogP contribution in [0.3, 0.4) is 0 Å². The van der Waals surface area contributed by atoms with Crippen LogP contribution in [-0.4, -0.2) is 31.4 Å². The van der Waals surface area contributed by atoms with E-state index in [1.54, 1.807) is 0 Å². The molecular weight excluding hydrogens is 230 g/mol. The van der Waals surface area contributed by atoms with Crippen molar-refractivity contribution in [3.8, 4) is 0 Å². The Balaban J connectivity index is 4.43. The first-order valence-corrected chi connectivity index (χ1v) is 3.86. The highest BCUT2D eigenvalue weighted by Gasteiger charge is 2.56. The molecule has 92 valence electrons. The molecule has 0 amide bonds. The third-order valence-electron chi connectivity index (χ3n) is 1.29. The maximum absolute atomic E-state index is 12.7. The van der Waals surface area contributed by atoms with Crippen molar-refractivity contribution in [2.24, 2.45) is 0 Å². The Bertz CT molecular complexity index is 200. The van der Waals surface area contributed by atoms with Crippen molar-refractivity contribution >= 4 is 0 Å². The molecule has 0 aromatic rings. The second kappa shape index (κ2) is 4.56. The van der Waals surface area contributed by atoms with Gasteiger partial charge in [-0.3, -0.25) is 4.74 Å². The minimum atomic E-state index is -4.74. The van der Waals surface area contributed by atoms with Crippen molar-refractivity contribution in [2.75, 3.05) is 13.3 Å². The number of halogens is 6. The van der Waals surface area contributed by atoms with Crippen molar-refractivity contribution in [3.05, 3.63) is 0 Å². The lowest BCUT2D eigenvalue weighted by atomic mass is 10.1. The maximum Gasteiger partial charge on any atom is 0.490 e. The van der Waals surface area contributed by atoms with E-state index in [0.717, 1.165) is 0 Å². The molecule has 0 rings (SSSR count). The minimum absolute atomic E-state index is 0.359. The van der Waals surface area contributed by atoms with Crippen LogP contribution in [0.1, 0.15) is 13.8 Å². The lowest BCUT2D eigenvalue weighted by Crippen LogP contribution is -2.47. The fourth-order valence-corrected chi connectivity index (χ4v) is 0.457. The van der Waals surface area contributed by atoms with Gasteiger partial charge in [-0.2, -0.15) is 8.78 Å². The normalized spacial score (nSPS) is 14.4. The zero-order chi connectivity index (χ0) is 12.3. The zero-order valence-electron chi connectivity index (χ0n) is 8.00. The molecular formula is C7H10F6O2. The van der Waals surface area contributed by atoms with E-state index in [9.17, 15) is 26.3 Å². The van der Waals surface area contributed by atoms with E-state index in [2.05, 4.69) is 9.47 Å². The van der Waals surface area contributed by atoms with Crippen LogP contribution in [-0.2, 0) is 9.47 Å². The van der Waals surface area contributed by atoms with E-state index in [1.165, 1.54) is 0 Å². The third kappa shape index (κ3) is 4.70. The number of hydrogen-bond acceptors (Lipinski definition) is 2.